The van der Waals surface area contributed by atoms with Gasteiger partial charge in [0.1, 0.15) is 27.6 Å². The van der Waals surface area contributed by atoms with Crippen molar-refractivity contribution in [3.05, 3.63) is 67.6 Å². The summed E-state index contributed by atoms with van der Waals surface area (Å²) in [5.74, 6) is 0.211. The Balaban J connectivity index is 1.81. The fraction of sp³-hybridized carbons (Fsp3) is 0.407. The SMILES string of the molecule is CCCn1c(N2CCCCCC2)c(C=C2SC(=S)N(Cc3ccc(F)cc3)C2=O)c(C)c(C#N)c1=O. The van der Waals surface area contributed by atoms with E-state index in [1.807, 2.05) is 6.92 Å². The first-order valence-corrected chi connectivity index (χ1v) is 13.5. The molecule has 2 aliphatic rings. The number of anilines is 1. The number of amides is 1. The Morgan fingerprint density at radius 3 is 2.42 bits per heavy atom. The Morgan fingerprint density at radius 1 is 1.14 bits per heavy atom. The van der Waals surface area contributed by atoms with Gasteiger partial charge in [-0.15, -0.1) is 0 Å². The zero-order valence-corrected chi connectivity index (χ0v) is 22.2. The number of halogens is 1. The summed E-state index contributed by atoms with van der Waals surface area (Å²) in [7, 11) is 0. The quantitative estimate of drug-likeness (QED) is 0.374. The summed E-state index contributed by atoms with van der Waals surface area (Å²) < 4.78 is 15.5. The normalized spacial score (nSPS) is 17.6. The zero-order valence-electron chi connectivity index (χ0n) is 20.6. The van der Waals surface area contributed by atoms with E-state index >= 15 is 0 Å². The average Bonchev–Trinajstić information content (AvgIpc) is 3.03. The highest BCUT2D eigenvalue weighted by Gasteiger charge is 2.33. The monoisotopic (exact) mass is 524 g/mol. The van der Waals surface area contributed by atoms with Crippen LogP contribution in [-0.4, -0.2) is 32.8 Å². The number of hydrogen-bond acceptors (Lipinski definition) is 6. The summed E-state index contributed by atoms with van der Waals surface area (Å²) in [4.78, 5) is 30.9. The lowest BCUT2D eigenvalue weighted by atomic mass is 10.0. The summed E-state index contributed by atoms with van der Waals surface area (Å²) in [6, 6.07) is 8.09. The van der Waals surface area contributed by atoms with Crippen molar-refractivity contribution in [1.82, 2.24) is 9.47 Å². The van der Waals surface area contributed by atoms with Crippen LogP contribution in [0.25, 0.3) is 6.08 Å². The summed E-state index contributed by atoms with van der Waals surface area (Å²) in [5, 5.41) is 9.82. The number of carbonyl (C=O) groups is 1. The largest absolute Gasteiger partial charge is 0.357 e. The van der Waals surface area contributed by atoms with Gasteiger partial charge in [-0.1, -0.05) is 55.9 Å². The lowest BCUT2D eigenvalue weighted by Crippen LogP contribution is -2.35. The number of pyridine rings is 1. The van der Waals surface area contributed by atoms with Gasteiger partial charge in [0, 0.05) is 25.2 Å². The molecule has 4 rings (SSSR count). The van der Waals surface area contributed by atoms with E-state index in [4.69, 9.17) is 12.2 Å². The second kappa shape index (κ2) is 11.4. The number of carbonyl (C=O) groups excluding carboxylic acids is 1. The van der Waals surface area contributed by atoms with Crippen LogP contribution in [0.15, 0.2) is 34.0 Å². The molecule has 0 N–H and O–H groups in total. The fourth-order valence-electron chi connectivity index (χ4n) is 4.74. The average molecular weight is 525 g/mol. The molecule has 2 saturated heterocycles. The van der Waals surface area contributed by atoms with Crippen LogP contribution in [0.4, 0.5) is 10.2 Å². The Bertz CT molecular complexity index is 1300. The van der Waals surface area contributed by atoms with Crippen molar-refractivity contribution < 1.29 is 9.18 Å². The fourth-order valence-corrected chi connectivity index (χ4v) is 5.98. The summed E-state index contributed by atoms with van der Waals surface area (Å²) in [6.07, 6.45) is 6.87. The molecule has 9 heteroatoms. The third-order valence-electron chi connectivity index (χ3n) is 6.60. The van der Waals surface area contributed by atoms with Crippen molar-refractivity contribution in [3.63, 3.8) is 0 Å². The molecule has 0 unspecified atom stereocenters. The molecule has 6 nitrogen and oxygen atoms in total. The molecule has 36 heavy (non-hydrogen) atoms. The van der Waals surface area contributed by atoms with Gasteiger partial charge in [-0.25, -0.2) is 4.39 Å². The topological polar surface area (TPSA) is 69.3 Å². The van der Waals surface area contributed by atoms with Gasteiger partial charge in [-0.2, -0.15) is 5.26 Å². The Hall–Kier alpha value is -2.96. The van der Waals surface area contributed by atoms with Crippen LogP contribution in [0.1, 0.15) is 61.3 Å². The minimum atomic E-state index is -0.337. The highest BCUT2D eigenvalue weighted by molar-refractivity contribution is 8.26. The summed E-state index contributed by atoms with van der Waals surface area (Å²) in [5.41, 5.74) is 1.91. The number of aromatic nitrogens is 1. The predicted octanol–water partition coefficient (Wildman–Crippen LogP) is 5.36. The number of thiocarbonyl (C=S) groups is 1. The van der Waals surface area contributed by atoms with Crippen molar-refractivity contribution in [2.24, 2.45) is 0 Å². The highest BCUT2D eigenvalue weighted by Crippen LogP contribution is 2.37. The van der Waals surface area contributed by atoms with Gasteiger partial charge in [-0.3, -0.25) is 19.1 Å². The van der Waals surface area contributed by atoms with Crippen molar-refractivity contribution in [3.8, 4) is 6.07 Å². The van der Waals surface area contributed by atoms with E-state index in [9.17, 15) is 19.2 Å². The van der Waals surface area contributed by atoms with Crippen LogP contribution < -0.4 is 10.5 Å². The first-order chi connectivity index (χ1) is 17.3. The van der Waals surface area contributed by atoms with Crippen LogP contribution in [-0.2, 0) is 17.9 Å². The number of rotatable bonds is 6. The lowest BCUT2D eigenvalue weighted by molar-refractivity contribution is -0.122. The number of thioether (sulfide) groups is 1. The van der Waals surface area contributed by atoms with Crippen LogP contribution in [0.5, 0.6) is 0 Å². The van der Waals surface area contributed by atoms with E-state index in [-0.39, 0.29) is 29.4 Å². The molecule has 0 spiro atoms. The summed E-state index contributed by atoms with van der Waals surface area (Å²) >= 11 is 6.73. The molecular formula is C27H29FN4O2S2. The van der Waals surface area contributed by atoms with E-state index in [0.717, 1.165) is 62.1 Å². The smallest absolute Gasteiger partial charge is 0.270 e. The molecule has 188 valence electrons. The first kappa shape index (κ1) is 26.1. The van der Waals surface area contributed by atoms with Gasteiger partial charge in [-0.05, 0) is 55.5 Å². The van der Waals surface area contributed by atoms with Gasteiger partial charge in [0.05, 0.1) is 11.4 Å². The van der Waals surface area contributed by atoms with Gasteiger partial charge in [0.25, 0.3) is 11.5 Å². The Labute approximate surface area is 220 Å². The van der Waals surface area contributed by atoms with Crippen LogP contribution in [0.2, 0.25) is 0 Å². The predicted molar refractivity (Wildman–Crippen MR) is 146 cm³/mol. The number of hydrogen-bond donors (Lipinski definition) is 0. The minimum Gasteiger partial charge on any atom is -0.357 e. The third kappa shape index (κ3) is 5.25. The van der Waals surface area contributed by atoms with Crippen LogP contribution in [0.3, 0.4) is 0 Å². The van der Waals surface area contributed by atoms with Crippen molar-refractivity contribution in [2.45, 2.75) is 59.0 Å². The molecule has 1 aromatic heterocycles. The highest BCUT2D eigenvalue weighted by atomic mass is 32.2. The van der Waals surface area contributed by atoms with E-state index in [2.05, 4.69) is 11.0 Å². The zero-order chi connectivity index (χ0) is 25.8. The second-order valence-electron chi connectivity index (χ2n) is 9.10. The third-order valence-corrected chi connectivity index (χ3v) is 7.98. The lowest BCUT2D eigenvalue weighted by Gasteiger charge is -2.29. The van der Waals surface area contributed by atoms with Crippen LogP contribution in [0, 0.1) is 24.1 Å². The van der Waals surface area contributed by atoms with Gasteiger partial charge < -0.3 is 4.90 Å². The van der Waals surface area contributed by atoms with Crippen molar-refractivity contribution >= 4 is 46.1 Å². The van der Waals surface area contributed by atoms with E-state index in [1.54, 1.807) is 29.7 Å². The van der Waals surface area contributed by atoms with Crippen LogP contribution >= 0.6 is 24.0 Å². The molecular weight excluding hydrogens is 495 g/mol. The molecule has 2 aromatic rings. The van der Waals surface area contributed by atoms with Gasteiger partial charge in [0.15, 0.2) is 0 Å². The van der Waals surface area contributed by atoms with Gasteiger partial charge in [0.2, 0.25) is 0 Å². The molecule has 0 aliphatic carbocycles. The maximum atomic E-state index is 13.4. The van der Waals surface area contributed by atoms with E-state index in [0.29, 0.717) is 21.3 Å². The molecule has 2 aliphatic heterocycles. The molecule has 1 amide bonds. The molecule has 2 fully saturated rings. The number of nitriles is 1. The maximum absolute atomic E-state index is 13.4. The number of nitrogens with zero attached hydrogens (tertiary/aromatic N) is 4. The van der Waals surface area contributed by atoms with Crippen molar-refractivity contribution in [2.75, 3.05) is 18.0 Å². The second-order valence-corrected chi connectivity index (χ2v) is 10.8. The standard InChI is InChI=1S/C27H29FN4O2S2/c1-3-12-31-24(30-13-6-4-5-7-14-30)21(18(2)22(16-29)25(31)33)15-23-26(34)32(27(35)36-23)17-19-8-10-20(28)11-9-19/h8-11,15H,3-7,12-14,17H2,1-2H3. The summed E-state index contributed by atoms with van der Waals surface area (Å²) in [6.45, 7) is 6.17. The molecule has 0 saturated carbocycles. The number of benzene rings is 1. The van der Waals surface area contributed by atoms with E-state index in [1.165, 1.54) is 28.8 Å². The molecule has 0 bridgehead atoms. The molecule has 1 aromatic carbocycles. The van der Waals surface area contributed by atoms with Gasteiger partial charge >= 0.3 is 0 Å². The first-order valence-electron chi connectivity index (χ1n) is 12.3. The maximum Gasteiger partial charge on any atom is 0.270 e. The molecule has 3 heterocycles. The Morgan fingerprint density at radius 2 is 1.81 bits per heavy atom. The Kier molecular flexibility index (Phi) is 8.27. The molecule has 0 radical (unpaired) electrons. The van der Waals surface area contributed by atoms with E-state index < -0.39 is 0 Å². The minimum absolute atomic E-state index is 0.107. The molecule has 0 atom stereocenters. The van der Waals surface area contributed by atoms with Crippen molar-refractivity contribution in [1.29, 1.82) is 5.26 Å².